The molecular weight excluding hydrogens is 242 g/mol. The second-order valence-corrected chi connectivity index (χ2v) is 5.22. The number of anilines is 1. The Morgan fingerprint density at radius 2 is 2.05 bits per heavy atom. The van der Waals surface area contributed by atoms with Crippen molar-refractivity contribution in [2.24, 2.45) is 5.92 Å². The summed E-state index contributed by atoms with van der Waals surface area (Å²) >= 11 is 0. The molecule has 1 fully saturated rings. The summed E-state index contributed by atoms with van der Waals surface area (Å²) in [6.07, 6.45) is 1.68. The van der Waals surface area contributed by atoms with E-state index in [9.17, 15) is 9.59 Å². The van der Waals surface area contributed by atoms with Crippen LogP contribution in [0.5, 0.6) is 0 Å². The van der Waals surface area contributed by atoms with E-state index in [0.717, 1.165) is 5.69 Å². The summed E-state index contributed by atoms with van der Waals surface area (Å²) in [4.78, 5) is 30.3. The normalized spacial score (nSPS) is 23.7. The molecule has 1 saturated heterocycles. The molecule has 1 aromatic rings. The van der Waals surface area contributed by atoms with Crippen molar-refractivity contribution in [3.8, 4) is 0 Å². The molecule has 0 aromatic carbocycles. The van der Waals surface area contributed by atoms with Crippen molar-refractivity contribution >= 4 is 17.5 Å². The number of hydrogen-bond donors (Lipinski definition) is 1. The van der Waals surface area contributed by atoms with E-state index in [1.165, 1.54) is 0 Å². The highest BCUT2D eigenvalue weighted by Crippen LogP contribution is 2.25. The molecule has 2 rings (SSSR count). The first-order valence-corrected chi connectivity index (χ1v) is 6.48. The number of nitrogens with one attached hydrogen (secondary N) is 1. The molecule has 0 radical (unpaired) electrons. The fourth-order valence-electron chi connectivity index (χ4n) is 2.30. The SMILES string of the molecule is Cc1ncccc1N1C(=O)C(C(C)C)NC(=O)C1C. The molecule has 102 valence electrons. The number of pyridine rings is 1. The number of aryl methyl sites for hydroxylation is 1. The zero-order chi connectivity index (χ0) is 14.2. The van der Waals surface area contributed by atoms with Gasteiger partial charge in [-0.25, -0.2) is 0 Å². The number of piperazine rings is 1. The second-order valence-electron chi connectivity index (χ2n) is 5.22. The van der Waals surface area contributed by atoms with Gasteiger partial charge in [-0.3, -0.25) is 19.5 Å². The van der Waals surface area contributed by atoms with Gasteiger partial charge in [-0.15, -0.1) is 0 Å². The molecule has 5 heteroatoms. The topological polar surface area (TPSA) is 62.3 Å². The molecule has 5 nitrogen and oxygen atoms in total. The van der Waals surface area contributed by atoms with Gasteiger partial charge in [0.15, 0.2) is 0 Å². The van der Waals surface area contributed by atoms with Crippen LogP contribution in [0.3, 0.4) is 0 Å². The van der Waals surface area contributed by atoms with Crippen molar-refractivity contribution in [3.05, 3.63) is 24.0 Å². The number of carbonyl (C=O) groups is 2. The Hall–Kier alpha value is -1.91. The van der Waals surface area contributed by atoms with Gasteiger partial charge in [-0.1, -0.05) is 13.8 Å². The Morgan fingerprint density at radius 3 is 2.63 bits per heavy atom. The molecule has 1 aromatic heterocycles. The first-order valence-electron chi connectivity index (χ1n) is 6.48. The van der Waals surface area contributed by atoms with Gasteiger partial charge < -0.3 is 5.32 Å². The number of aromatic nitrogens is 1. The lowest BCUT2D eigenvalue weighted by molar-refractivity contribution is -0.134. The highest BCUT2D eigenvalue weighted by atomic mass is 16.2. The zero-order valence-corrected chi connectivity index (χ0v) is 11.7. The third-order valence-electron chi connectivity index (χ3n) is 3.47. The third-order valence-corrected chi connectivity index (χ3v) is 3.47. The van der Waals surface area contributed by atoms with Crippen molar-refractivity contribution in [2.45, 2.75) is 39.8 Å². The minimum atomic E-state index is -0.509. The van der Waals surface area contributed by atoms with Crippen LogP contribution in [-0.2, 0) is 9.59 Å². The molecule has 2 heterocycles. The standard InChI is InChI=1S/C14H19N3O2/c1-8(2)12-14(19)17(10(4)13(18)16-12)11-6-5-7-15-9(11)3/h5-8,10,12H,1-4H3,(H,16,18). The van der Waals surface area contributed by atoms with Crippen LogP contribution in [0.1, 0.15) is 26.5 Å². The lowest BCUT2D eigenvalue weighted by atomic mass is 9.97. The van der Waals surface area contributed by atoms with Crippen LogP contribution < -0.4 is 10.2 Å². The molecule has 1 aliphatic rings. The average molecular weight is 261 g/mol. The van der Waals surface area contributed by atoms with Gasteiger partial charge in [0.25, 0.3) is 5.91 Å². The molecule has 2 atom stereocenters. The van der Waals surface area contributed by atoms with Crippen LogP contribution in [0.4, 0.5) is 5.69 Å². The Kier molecular flexibility index (Phi) is 3.55. The maximum absolute atomic E-state index is 12.6. The first kappa shape index (κ1) is 13.5. The molecule has 1 aliphatic heterocycles. The van der Waals surface area contributed by atoms with Crippen molar-refractivity contribution in [3.63, 3.8) is 0 Å². The lowest BCUT2D eigenvalue weighted by Crippen LogP contribution is -2.64. The predicted molar refractivity (Wildman–Crippen MR) is 72.7 cm³/mol. The van der Waals surface area contributed by atoms with Crippen LogP contribution in [0.25, 0.3) is 0 Å². The maximum atomic E-state index is 12.6. The molecule has 2 amide bonds. The van der Waals surface area contributed by atoms with Gasteiger partial charge in [0, 0.05) is 6.20 Å². The van der Waals surface area contributed by atoms with Crippen molar-refractivity contribution in [1.82, 2.24) is 10.3 Å². The van der Waals surface area contributed by atoms with Gasteiger partial charge in [0.2, 0.25) is 5.91 Å². The average Bonchev–Trinajstić information content (AvgIpc) is 2.36. The molecule has 0 aliphatic carbocycles. The van der Waals surface area contributed by atoms with Crippen LogP contribution in [-0.4, -0.2) is 28.9 Å². The quantitative estimate of drug-likeness (QED) is 0.872. The number of amides is 2. The number of carbonyl (C=O) groups excluding carboxylic acids is 2. The smallest absolute Gasteiger partial charge is 0.250 e. The van der Waals surface area contributed by atoms with Crippen LogP contribution >= 0.6 is 0 Å². The van der Waals surface area contributed by atoms with Gasteiger partial charge in [0.05, 0.1) is 11.4 Å². The van der Waals surface area contributed by atoms with Gasteiger partial charge in [-0.05, 0) is 31.9 Å². The van der Waals surface area contributed by atoms with Crippen LogP contribution in [0.15, 0.2) is 18.3 Å². The van der Waals surface area contributed by atoms with Gasteiger partial charge in [0.1, 0.15) is 12.1 Å². The summed E-state index contributed by atoms with van der Waals surface area (Å²) in [6, 6.07) is 2.63. The highest BCUT2D eigenvalue weighted by molar-refractivity contribution is 6.08. The van der Waals surface area contributed by atoms with Gasteiger partial charge >= 0.3 is 0 Å². The van der Waals surface area contributed by atoms with Crippen LogP contribution in [0, 0.1) is 12.8 Å². The third kappa shape index (κ3) is 2.32. The van der Waals surface area contributed by atoms with Crippen LogP contribution in [0.2, 0.25) is 0 Å². The fraction of sp³-hybridized carbons (Fsp3) is 0.500. The first-order chi connectivity index (χ1) is 8.93. The summed E-state index contributed by atoms with van der Waals surface area (Å²) in [7, 11) is 0. The monoisotopic (exact) mass is 261 g/mol. The molecule has 1 N–H and O–H groups in total. The number of rotatable bonds is 2. The van der Waals surface area contributed by atoms with E-state index in [2.05, 4.69) is 10.3 Å². The van der Waals surface area contributed by atoms with Gasteiger partial charge in [-0.2, -0.15) is 0 Å². The second kappa shape index (κ2) is 4.99. The summed E-state index contributed by atoms with van der Waals surface area (Å²) in [5.41, 5.74) is 1.46. The summed E-state index contributed by atoms with van der Waals surface area (Å²) in [6.45, 7) is 7.42. The molecule has 0 saturated carbocycles. The summed E-state index contributed by atoms with van der Waals surface area (Å²) < 4.78 is 0. The van der Waals surface area contributed by atoms with E-state index in [4.69, 9.17) is 0 Å². The Morgan fingerprint density at radius 1 is 1.37 bits per heavy atom. The van der Waals surface area contributed by atoms with E-state index in [-0.39, 0.29) is 17.7 Å². The van der Waals surface area contributed by atoms with E-state index in [1.807, 2.05) is 26.8 Å². The van der Waals surface area contributed by atoms with Crippen molar-refractivity contribution in [1.29, 1.82) is 0 Å². The summed E-state index contributed by atoms with van der Waals surface area (Å²) in [5, 5.41) is 2.78. The minimum absolute atomic E-state index is 0.0587. The molecule has 19 heavy (non-hydrogen) atoms. The fourth-order valence-corrected chi connectivity index (χ4v) is 2.30. The molecule has 2 unspecified atom stereocenters. The molecule has 0 bridgehead atoms. The number of nitrogens with zero attached hydrogens (tertiary/aromatic N) is 2. The largest absolute Gasteiger partial charge is 0.342 e. The lowest BCUT2D eigenvalue weighted by Gasteiger charge is -2.39. The van der Waals surface area contributed by atoms with Crippen molar-refractivity contribution in [2.75, 3.05) is 4.90 Å². The Balaban J connectivity index is 2.44. The molecule has 0 spiro atoms. The minimum Gasteiger partial charge on any atom is -0.342 e. The van der Waals surface area contributed by atoms with E-state index < -0.39 is 12.1 Å². The zero-order valence-electron chi connectivity index (χ0n) is 11.7. The van der Waals surface area contributed by atoms with Crippen molar-refractivity contribution < 1.29 is 9.59 Å². The Bertz CT molecular complexity index is 513. The van der Waals surface area contributed by atoms with E-state index in [0.29, 0.717) is 5.69 Å². The van der Waals surface area contributed by atoms with E-state index >= 15 is 0 Å². The predicted octanol–water partition coefficient (Wildman–Crippen LogP) is 1.27. The summed E-state index contributed by atoms with van der Waals surface area (Å²) in [5.74, 6) is -0.136. The number of hydrogen-bond acceptors (Lipinski definition) is 3. The highest BCUT2D eigenvalue weighted by Gasteiger charge is 2.40. The maximum Gasteiger partial charge on any atom is 0.250 e. The molecular formula is C14H19N3O2. The van der Waals surface area contributed by atoms with E-state index in [1.54, 1.807) is 24.1 Å². The Labute approximate surface area is 113 Å².